The molecule has 0 aromatic carbocycles. The number of piperidine rings is 1. The second-order valence-electron chi connectivity index (χ2n) is 6.17. The van der Waals surface area contributed by atoms with E-state index < -0.39 is 0 Å². The molecule has 2 nitrogen and oxygen atoms in total. The van der Waals surface area contributed by atoms with Crippen LogP contribution in [-0.2, 0) is 0 Å². The predicted octanol–water partition coefficient (Wildman–Crippen LogP) is 3.81. The predicted molar refractivity (Wildman–Crippen MR) is 81.1 cm³/mol. The van der Waals surface area contributed by atoms with Gasteiger partial charge in [-0.2, -0.15) is 0 Å². The molecule has 2 heteroatoms. The molecule has 108 valence electrons. The van der Waals surface area contributed by atoms with Crippen molar-refractivity contribution in [2.75, 3.05) is 13.1 Å². The highest BCUT2D eigenvalue weighted by atomic mass is 15.2. The van der Waals surface area contributed by atoms with Crippen molar-refractivity contribution >= 4 is 0 Å². The quantitative estimate of drug-likeness (QED) is 0.708. The number of hydrogen-bond acceptors (Lipinski definition) is 2. The fourth-order valence-electron chi connectivity index (χ4n) is 3.26. The zero-order chi connectivity index (χ0) is 13.4. The fourth-order valence-corrected chi connectivity index (χ4v) is 3.26. The third-order valence-electron chi connectivity index (χ3n) is 4.22. The van der Waals surface area contributed by atoms with Gasteiger partial charge in [-0.05, 0) is 46.1 Å². The first-order chi connectivity index (χ1) is 8.69. The van der Waals surface area contributed by atoms with Gasteiger partial charge < -0.3 is 5.32 Å². The van der Waals surface area contributed by atoms with Gasteiger partial charge in [0.1, 0.15) is 0 Å². The Balaban J connectivity index is 2.54. The Morgan fingerprint density at radius 2 is 1.78 bits per heavy atom. The molecular formula is C16H34N2. The van der Waals surface area contributed by atoms with Gasteiger partial charge in [0, 0.05) is 24.7 Å². The van der Waals surface area contributed by atoms with Gasteiger partial charge in [-0.3, -0.25) is 4.90 Å². The SMILES string of the molecule is CCCC(CCC)N(CC1CCCCN1)C(C)C. The molecule has 1 atom stereocenters. The molecule has 1 aliphatic heterocycles. The lowest BCUT2D eigenvalue weighted by atomic mass is 9.99. The Morgan fingerprint density at radius 1 is 1.11 bits per heavy atom. The summed E-state index contributed by atoms with van der Waals surface area (Å²) in [5.41, 5.74) is 0. The highest BCUT2D eigenvalue weighted by Crippen LogP contribution is 2.19. The van der Waals surface area contributed by atoms with E-state index >= 15 is 0 Å². The molecule has 1 aliphatic rings. The molecule has 1 heterocycles. The number of rotatable bonds is 8. The molecule has 0 bridgehead atoms. The number of nitrogens with zero attached hydrogens (tertiary/aromatic N) is 1. The molecule has 1 unspecified atom stereocenters. The molecule has 0 aromatic rings. The molecule has 1 fully saturated rings. The van der Waals surface area contributed by atoms with Crippen molar-refractivity contribution in [3.63, 3.8) is 0 Å². The molecule has 0 amide bonds. The van der Waals surface area contributed by atoms with Crippen LogP contribution in [-0.4, -0.2) is 36.1 Å². The fraction of sp³-hybridized carbons (Fsp3) is 1.00. The standard InChI is InChI=1S/C16H34N2/c1-5-9-16(10-6-2)18(14(3)4)13-15-11-7-8-12-17-15/h14-17H,5-13H2,1-4H3. The first-order valence-corrected chi connectivity index (χ1v) is 8.18. The van der Waals surface area contributed by atoms with Crippen LogP contribution < -0.4 is 5.32 Å². The summed E-state index contributed by atoms with van der Waals surface area (Å²) in [6.07, 6.45) is 9.49. The molecular weight excluding hydrogens is 220 g/mol. The molecule has 0 radical (unpaired) electrons. The lowest BCUT2D eigenvalue weighted by Crippen LogP contribution is -2.49. The molecule has 0 aliphatic carbocycles. The zero-order valence-corrected chi connectivity index (χ0v) is 13.0. The third-order valence-corrected chi connectivity index (χ3v) is 4.22. The normalized spacial score (nSPS) is 21.2. The van der Waals surface area contributed by atoms with Crippen LogP contribution in [0.15, 0.2) is 0 Å². The average Bonchev–Trinajstić information content (AvgIpc) is 2.37. The van der Waals surface area contributed by atoms with Crippen molar-refractivity contribution in [3.05, 3.63) is 0 Å². The molecule has 0 saturated carbocycles. The van der Waals surface area contributed by atoms with Gasteiger partial charge >= 0.3 is 0 Å². The van der Waals surface area contributed by atoms with Gasteiger partial charge in [0.25, 0.3) is 0 Å². The Kier molecular flexibility index (Phi) is 7.92. The van der Waals surface area contributed by atoms with E-state index in [4.69, 9.17) is 0 Å². The van der Waals surface area contributed by atoms with E-state index in [1.54, 1.807) is 0 Å². The summed E-state index contributed by atoms with van der Waals surface area (Å²) in [7, 11) is 0. The van der Waals surface area contributed by atoms with Crippen molar-refractivity contribution < 1.29 is 0 Å². The van der Waals surface area contributed by atoms with E-state index in [2.05, 4.69) is 37.9 Å². The zero-order valence-electron chi connectivity index (χ0n) is 13.0. The summed E-state index contributed by atoms with van der Waals surface area (Å²) >= 11 is 0. The number of hydrogen-bond donors (Lipinski definition) is 1. The van der Waals surface area contributed by atoms with E-state index in [0.29, 0.717) is 6.04 Å². The second-order valence-corrected chi connectivity index (χ2v) is 6.17. The van der Waals surface area contributed by atoms with Crippen molar-refractivity contribution in [2.24, 2.45) is 0 Å². The monoisotopic (exact) mass is 254 g/mol. The summed E-state index contributed by atoms with van der Waals surface area (Å²) in [5, 5.41) is 3.70. The Labute approximate surface area is 115 Å². The first-order valence-electron chi connectivity index (χ1n) is 8.18. The highest BCUT2D eigenvalue weighted by molar-refractivity contribution is 4.82. The van der Waals surface area contributed by atoms with Crippen molar-refractivity contribution in [3.8, 4) is 0 Å². The lowest BCUT2D eigenvalue weighted by molar-refractivity contribution is 0.114. The van der Waals surface area contributed by atoms with Crippen LogP contribution in [0.1, 0.15) is 72.6 Å². The first kappa shape index (κ1) is 16.0. The summed E-state index contributed by atoms with van der Waals surface area (Å²) < 4.78 is 0. The summed E-state index contributed by atoms with van der Waals surface area (Å²) in [5.74, 6) is 0. The van der Waals surface area contributed by atoms with Crippen molar-refractivity contribution in [1.82, 2.24) is 10.2 Å². The lowest BCUT2D eigenvalue weighted by Gasteiger charge is -2.39. The Hall–Kier alpha value is -0.0800. The van der Waals surface area contributed by atoms with Crippen LogP contribution >= 0.6 is 0 Å². The van der Waals surface area contributed by atoms with E-state index in [1.807, 2.05) is 0 Å². The van der Waals surface area contributed by atoms with Crippen LogP contribution in [0.2, 0.25) is 0 Å². The van der Waals surface area contributed by atoms with Crippen LogP contribution in [0.5, 0.6) is 0 Å². The van der Waals surface area contributed by atoms with Crippen LogP contribution in [0.3, 0.4) is 0 Å². The third kappa shape index (κ3) is 5.27. The maximum Gasteiger partial charge on any atom is 0.0195 e. The minimum absolute atomic E-state index is 0.678. The largest absolute Gasteiger partial charge is 0.313 e. The summed E-state index contributed by atoms with van der Waals surface area (Å²) in [4.78, 5) is 2.76. The van der Waals surface area contributed by atoms with Crippen LogP contribution in [0.25, 0.3) is 0 Å². The van der Waals surface area contributed by atoms with Gasteiger partial charge in [0.15, 0.2) is 0 Å². The van der Waals surface area contributed by atoms with E-state index in [0.717, 1.165) is 12.1 Å². The number of nitrogens with one attached hydrogen (secondary N) is 1. The minimum Gasteiger partial charge on any atom is -0.313 e. The Bertz CT molecular complexity index is 191. The molecule has 0 aromatic heterocycles. The maximum atomic E-state index is 3.70. The topological polar surface area (TPSA) is 15.3 Å². The maximum absolute atomic E-state index is 3.70. The van der Waals surface area contributed by atoms with E-state index in [9.17, 15) is 0 Å². The van der Waals surface area contributed by atoms with Gasteiger partial charge in [-0.1, -0.05) is 33.1 Å². The Morgan fingerprint density at radius 3 is 2.22 bits per heavy atom. The molecule has 1 saturated heterocycles. The molecule has 1 N–H and O–H groups in total. The molecule has 0 spiro atoms. The minimum atomic E-state index is 0.678. The summed E-state index contributed by atoms with van der Waals surface area (Å²) in [6.45, 7) is 11.8. The van der Waals surface area contributed by atoms with Crippen LogP contribution in [0.4, 0.5) is 0 Å². The second kappa shape index (κ2) is 8.92. The van der Waals surface area contributed by atoms with Gasteiger partial charge in [-0.25, -0.2) is 0 Å². The smallest absolute Gasteiger partial charge is 0.0195 e. The van der Waals surface area contributed by atoms with E-state index in [1.165, 1.54) is 58.0 Å². The molecule has 1 rings (SSSR count). The van der Waals surface area contributed by atoms with Crippen molar-refractivity contribution in [2.45, 2.75) is 90.8 Å². The molecule has 18 heavy (non-hydrogen) atoms. The van der Waals surface area contributed by atoms with Crippen LogP contribution in [0, 0.1) is 0 Å². The van der Waals surface area contributed by atoms with Gasteiger partial charge in [-0.15, -0.1) is 0 Å². The van der Waals surface area contributed by atoms with Gasteiger partial charge in [0.05, 0.1) is 0 Å². The highest BCUT2D eigenvalue weighted by Gasteiger charge is 2.24. The van der Waals surface area contributed by atoms with Gasteiger partial charge in [0.2, 0.25) is 0 Å². The summed E-state index contributed by atoms with van der Waals surface area (Å²) in [6, 6.07) is 2.21. The van der Waals surface area contributed by atoms with Crippen molar-refractivity contribution in [1.29, 1.82) is 0 Å². The average molecular weight is 254 g/mol. The van der Waals surface area contributed by atoms with E-state index in [-0.39, 0.29) is 0 Å².